The zero-order valence-electron chi connectivity index (χ0n) is 22.8. The fourth-order valence-corrected chi connectivity index (χ4v) is 3.79. The summed E-state index contributed by atoms with van der Waals surface area (Å²) in [5.74, 6) is -4.32. The van der Waals surface area contributed by atoms with Crippen molar-refractivity contribution in [3.05, 3.63) is 57.9 Å². The summed E-state index contributed by atoms with van der Waals surface area (Å²) in [6, 6.07) is 4.58. The van der Waals surface area contributed by atoms with Gasteiger partial charge in [0.2, 0.25) is 6.79 Å². The number of methoxy groups -OCH3 is 1. The average molecular weight is 558 g/mol. The van der Waals surface area contributed by atoms with E-state index in [0.29, 0.717) is 0 Å². The van der Waals surface area contributed by atoms with Crippen LogP contribution in [0.4, 0.5) is 13.2 Å². The van der Waals surface area contributed by atoms with Gasteiger partial charge in [-0.15, -0.1) is 0 Å². The molecule has 0 amide bonds. The summed E-state index contributed by atoms with van der Waals surface area (Å²) < 4.78 is 68.5. The van der Waals surface area contributed by atoms with Gasteiger partial charge in [-0.25, -0.2) is 9.59 Å². The highest BCUT2D eigenvalue weighted by molar-refractivity contribution is 6.00. The minimum Gasteiger partial charge on any atom is -0.466 e. The lowest BCUT2D eigenvalue weighted by Crippen LogP contribution is -2.37. The number of esters is 3. The summed E-state index contributed by atoms with van der Waals surface area (Å²) in [7, 11) is 1.07. The molecule has 1 aromatic carbocycles. The van der Waals surface area contributed by atoms with Crippen molar-refractivity contribution in [1.29, 1.82) is 0 Å². The predicted octanol–water partition coefficient (Wildman–Crippen LogP) is 4.24. The molecule has 0 saturated carbocycles. The highest BCUT2D eigenvalue weighted by Crippen LogP contribution is 2.44. The molecule has 0 spiro atoms. The molecule has 1 N–H and O–H groups in total. The third-order valence-corrected chi connectivity index (χ3v) is 5.63. The van der Waals surface area contributed by atoms with Crippen LogP contribution in [0.3, 0.4) is 0 Å². The van der Waals surface area contributed by atoms with E-state index in [1.807, 2.05) is 0 Å². The number of benzene rings is 1. The first kappa shape index (κ1) is 31.8. The van der Waals surface area contributed by atoms with Gasteiger partial charge in [0.05, 0.1) is 59.8 Å². The second-order valence-corrected chi connectivity index (χ2v) is 9.42. The van der Waals surface area contributed by atoms with Crippen LogP contribution in [0.5, 0.6) is 0 Å². The first-order valence-electron chi connectivity index (χ1n) is 12.2. The summed E-state index contributed by atoms with van der Waals surface area (Å²) in [4.78, 5) is 38.7. The lowest BCUT2D eigenvalue weighted by atomic mass is 9.78. The summed E-state index contributed by atoms with van der Waals surface area (Å²) >= 11 is 0. The molecule has 1 aliphatic heterocycles. The molecule has 9 nitrogen and oxygen atoms in total. The van der Waals surface area contributed by atoms with E-state index in [0.717, 1.165) is 13.2 Å². The minimum atomic E-state index is -4.82. The number of hydrogen-bond donors (Lipinski definition) is 1. The molecule has 39 heavy (non-hydrogen) atoms. The Morgan fingerprint density at radius 3 is 1.90 bits per heavy atom. The summed E-state index contributed by atoms with van der Waals surface area (Å²) in [5, 5.41) is 2.92. The molecule has 216 valence electrons. The van der Waals surface area contributed by atoms with Crippen LogP contribution < -0.4 is 5.32 Å². The van der Waals surface area contributed by atoms with Crippen molar-refractivity contribution in [2.24, 2.45) is 5.41 Å². The van der Waals surface area contributed by atoms with Gasteiger partial charge in [-0.3, -0.25) is 4.79 Å². The fourth-order valence-electron chi connectivity index (χ4n) is 3.79. The molecule has 1 atom stereocenters. The van der Waals surface area contributed by atoms with E-state index in [9.17, 15) is 27.6 Å². The molecule has 0 bridgehead atoms. The van der Waals surface area contributed by atoms with E-state index < -0.39 is 47.8 Å². The molecule has 0 aliphatic carbocycles. The smallest absolute Gasteiger partial charge is 0.416 e. The van der Waals surface area contributed by atoms with Crippen LogP contribution >= 0.6 is 0 Å². The second-order valence-electron chi connectivity index (χ2n) is 9.42. The van der Waals surface area contributed by atoms with Gasteiger partial charge >= 0.3 is 24.1 Å². The number of dihydropyridines is 1. The maximum Gasteiger partial charge on any atom is 0.416 e. The molecule has 1 aliphatic rings. The number of carbonyl (C=O) groups excluding carboxylic acids is 3. The number of alkyl halides is 3. The number of hydrogen-bond acceptors (Lipinski definition) is 9. The molecule has 0 fully saturated rings. The first-order chi connectivity index (χ1) is 18.3. The Morgan fingerprint density at radius 2 is 1.41 bits per heavy atom. The van der Waals surface area contributed by atoms with E-state index in [-0.39, 0.29) is 54.5 Å². The maximum absolute atomic E-state index is 14.2. The Bertz CT molecular complexity index is 1120. The van der Waals surface area contributed by atoms with E-state index >= 15 is 0 Å². The number of nitrogens with one attached hydrogen (secondary N) is 1. The van der Waals surface area contributed by atoms with Crippen molar-refractivity contribution in [1.82, 2.24) is 5.32 Å². The average Bonchev–Trinajstić information content (AvgIpc) is 2.88. The van der Waals surface area contributed by atoms with Crippen LogP contribution in [0.25, 0.3) is 0 Å². The summed E-state index contributed by atoms with van der Waals surface area (Å²) in [5.41, 5.74) is -2.75. The molecule has 0 saturated heterocycles. The van der Waals surface area contributed by atoms with Gasteiger partial charge < -0.3 is 29.0 Å². The van der Waals surface area contributed by atoms with Gasteiger partial charge in [0.15, 0.2) is 0 Å². The largest absolute Gasteiger partial charge is 0.466 e. The van der Waals surface area contributed by atoms with Crippen LogP contribution in [-0.2, 0) is 44.2 Å². The van der Waals surface area contributed by atoms with Crippen molar-refractivity contribution in [3.63, 3.8) is 0 Å². The first-order valence-corrected chi connectivity index (χ1v) is 12.2. The van der Waals surface area contributed by atoms with Crippen molar-refractivity contribution in [3.8, 4) is 0 Å². The number of halogens is 3. The molecular weight excluding hydrogens is 523 g/mol. The van der Waals surface area contributed by atoms with E-state index in [4.69, 9.17) is 23.7 Å². The molecular formula is C27H34F3NO8. The summed E-state index contributed by atoms with van der Waals surface area (Å²) in [6.07, 6.45) is -4.82. The molecule has 1 unspecified atom stereocenters. The molecule has 2 rings (SSSR count). The molecule has 0 radical (unpaired) electrons. The standard InChI is InChI=1S/C27H34F3NO8/c1-7-36-13-18-21(23(32)35-6)20(16-11-9-10-12-17(16)27(28,29)30)22(19(31-18)14-37-8-2)24(33)38-15-39-25(34)26(3,4)5/h9-12,20,31H,7-8,13-15H2,1-6H3. The Labute approximate surface area is 225 Å². The molecule has 1 aromatic rings. The minimum absolute atomic E-state index is 0.0633. The van der Waals surface area contributed by atoms with E-state index in [2.05, 4.69) is 5.32 Å². The Kier molecular flexibility index (Phi) is 11.1. The predicted molar refractivity (Wildman–Crippen MR) is 133 cm³/mol. The topological polar surface area (TPSA) is 109 Å². The second kappa shape index (κ2) is 13.6. The lowest BCUT2D eigenvalue weighted by molar-refractivity contribution is -0.171. The number of rotatable bonds is 11. The third-order valence-electron chi connectivity index (χ3n) is 5.63. The van der Waals surface area contributed by atoms with Gasteiger partial charge in [-0.05, 0) is 46.2 Å². The van der Waals surface area contributed by atoms with Gasteiger partial charge in [-0.1, -0.05) is 18.2 Å². The third kappa shape index (κ3) is 8.06. The number of ether oxygens (including phenoxy) is 5. The normalized spacial score (nSPS) is 16.1. The molecule has 0 aromatic heterocycles. The SMILES string of the molecule is CCOCC1=C(C(=O)OC)C(c2ccccc2C(F)(F)F)C(C(=O)OCOC(=O)C(C)(C)C)=C(COCC)N1. The fraction of sp³-hybridized carbons (Fsp3) is 0.519. The highest BCUT2D eigenvalue weighted by Gasteiger charge is 2.44. The summed E-state index contributed by atoms with van der Waals surface area (Å²) in [6.45, 7) is 7.45. The van der Waals surface area contributed by atoms with Gasteiger partial charge in [-0.2, -0.15) is 13.2 Å². The lowest BCUT2D eigenvalue weighted by Gasteiger charge is -2.33. The Hall–Kier alpha value is -3.38. The maximum atomic E-state index is 14.2. The Morgan fingerprint density at radius 1 is 0.872 bits per heavy atom. The monoisotopic (exact) mass is 557 g/mol. The zero-order valence-corrected chi connectivity index (χ0v) is 22.8. The van der Waals surface area contributed by atoms with Crippen LogP contribution in [-0.4, -0.2) is 58.2 Å². The van der Waals surface area contributed by atoms with Gasteiger partial charge in [0, 0.05) is 13.2 Å². The molecule has 1 heterocycles. The van der Waals surface area contributed by atoms with Crippen molar-refractivity contribution in [2.45, 2.75) is 46.7 Å². The Balaban J connectivity index is 2.75. The van der Waals surface area contributed by atoms with E-state index in [1.165, 1.54) is 18.2 Å². The van der Waals surface area contributed by atoms with Crippen LogP contribution in [0.1, 0.15) is 51.7 Å². The quantitative estimate of drug-likeness (QED) is 0.316. The van der Waals surface area contributed by atoms with E-state index in [1.54, 1.807) is 34.6 Å². The number of carbonyl (C=O) groups is 3. The van der Waals surface area contributed by atoms with Gasteiger partial charge in [0.25, 0.3) is 0 Å². The zero-order chi connectivity index (χ0) is 29.4. The van der Waals surface area contributed by atoms with Crippen LogP contribution in [0.15, 0.2) is 46.8 Å². The van der Waals surface area contributed by atoms with Crippen molar-refractivity contribution in [2.75, 3.05) is 40.3 Å². The van der Waals surface area contributed by atoms with Crippen molar-refractivity contribution >= 4 is 17.9 Å². The highest BCUT2D eigenvalue weighted by atomic mass is 19.4. The van der Waals surface area contributed by atoms with Crippen molar-refractivity contribution < 1.29 is 51.2 Å². The van der Waals surface area contributed by atoms with Crippen LogP contribution in [0.2, 0.25) is 0 Å². The van der Waals surface area contributed by atoms with Gasteiger partial charge in [0.1, 0.15) is 0 Å². The van der Waals surface area contributed by atoms with Crippen LogP contribution in [0, 0.1) is 5.41 Å². The molecule has 12 heteroatoms.